The van der Waals surface area contributed by atoms with E-state index in [9.17, 15) is 19.0 Å². The number of carbonyl (C=O) groups is 2. The average molecular weight is 897 g/mol. The number of esters is 2. The van der Waals surface area contributed by atoms with E-state index >= 15 is 0 Å². The summed E-state index contributed by atoms with van der Waals surface area (Å²) in [4.78, 5) is 35.5. The van der Waals surface area contributed by atoms with Crippen LogP contribution in [-0.4, -0.2) is 74.9 Å². The van der Waals surface area contributed by atoms with Crippen LogP contribution in [0, 0.1) is 0 Å². The van der Waals surface area contributed by atoms with Gasteiger partial charge in [-0.15, -0.1) is 0 Å². The zero-order valence-corrected chi connectivity index (χ0v) is 42.0. The van der Waals surface area contributed by atoms with Crippen LogP contribution in [0.1, 0.15) is 232 Å². The maximum atomic E-state index is 12.8. The summed E-state index contributed by atoms with van der Waals surface area (Å²) in [6.07, 6.45) is 51.9. The largest absolute Gasteiger partial charge is 0.472 e. The number of nitrogens with zero attached hydrogens (tertiary/aromatic N) is 1. The van der Waals surface area contributed by atoms with Gasteiger partial charge in [0, 0.05) is 12.8 Å². The lowest BCUT2D eigenvalue weighted by Gasteiger charge is -2.24. The molecule has 0 aromatic rings. The summed E-state index contributed by atoms with van der Waals surface area (Å²) in [7, 11) is 1.48. The highest BCUT2D eigenvalue weighted by Crippen LogP contribution is 2.43. The van der Waals surface area contributed by atoms with Crippen molar-refractivity contribution in [2.75, 3.05) is 47.5 Å². The molecule has 0 radical (unpaired) electrons. The van der Waals surface area contributed by atoms with Gasteiger partial charge >= 0.3 is 19.8 Å². The van der Waals surface area contributed by atoms with Gasteiger partial charge in [0.2, 0.25) is 0 Å². The first kappa shape index (κ1) is 60.2. The zero-order chi connectivity index (χ0) is 45.7. The molecule has 364 valence electrons. The van der Waals surface area contributed by atoms with Crippen molar-refractivity contribution in [2.24, 2.45) is 0 Å². The Morgan fingerprint density at radius 3 is 1.29 bits per heavy atom. The highest BCUT2D eigenvalue weighted by Gasteiger charge is 2.27. The molecule has 0 spiro atoms. The van der Waals surface area contributed by atoms with Crippen LogP contribution in [-0.2, 0) is 32.7 Å². The number of hydrogen-bond donors (Lipinski definition) is 1. The molecule has 2 unspecified atom stereocenters. The Morgan fingerprint density at radius 2 is 0.871 bits per heavy atom. The van der Waals surface area contributed by atoms with Crippen LogP contribution >= 0.6 is 7.82 Å². The number of quaternary nitrogens is 1. The van der Waals surface area contributed by atoms with Gasteiger partial charge in [-0.25, -0.2) is 4.57 Å². The molecule has 0 amide bonds. The van der Waals surface area contributed by atoms with Crippen molar-refractivity contribution in [3.05, 3.63) is 36.5 Å². The van der Waals surface area contributed by atoms with Crippen LogP contribution in [0.15, 0.2) is 36.5 Å². The van der Waals surface area contributed by atoms with Crippen molar-refractivity contribution in [3.8, 4) is 0 Å². The third-order valence-corrected chi connectivity index (χ3v) is 12.2. The molecule has 0 aliphatic carbocycles. The van der Waals surface area contributed by atoms with E-state index in [1.807, 2.05) is 21.1 Å². The molecule has 0 saturated carbocycles. The minimum atomic E-state index is -4.38. The quantitative estimate of drug-likeness (QED) is 0.0212. The number of phosphoric ester groups is 1. The first-order valence-corrected chi connectivity index (χ1v) is 27.2. The first-order valence-electron chi connectivity index (χ1n) is 25.7. The topological polar surface area (TPSA) is 108 Å². The van der Waals surface area contributed by atoms with Gasteiger partial charge in [0.1, 0.15) is 19.8 Å². The molecule has 0 rings (SSSR count). The number of rotatable bonds is 47. The Hall–Kier alpha value is -1.77. The maximum Gasteiger partial charge on any atom is 0.472 e. The summed E-state index contributed by atoms with van der Waals surface area (Å²) in [6.45, 7) is 4.43. The fourth-order valence-corrected chi connectivity index (χ4v) is 7.88. The molecule has 0 saturated heterocycles. The third-order valence-electron chi connectivity index (χ3n) is 11.2. The van der Waals surface area contributed by atoms with Crippen molar-refractivity contribution >= 4 is 19.8 Å². The van der Waals surface area contributed by atoms with Crippen molar-refractivity contribution < 1.29 is 42.1 Å². The Bertz CT molecular complexity index is 1150. The SMILES string of the molecule is CCCCCCC/C=C\C/C=C\C/C=C\CCCCCCCCCCCCC(=O)OC(COC(=O)CCCCCCCCCCCCCCC)COP(=O)(O)OCC[N+](C)(C)C. The Labute approximate surface area is 382 Å². The highest BCUT2D eigenvalue weighted by molar-refractivity contribution is 7.47. The molecule has 10 heteroatoms. The molecule has 1 N–H and O–H groups in total. The van der Waals surface area contributed by atoms with Crippen LogP contribution in [0.5, 0.6) is 0 Å². The van der Waals surface area contributed by atoms with Crippen LogP contribution in [0.4, 0.5) is 0 Å². The molecule has 0 heterocycles. The van der Waals surface area contributed by atoms with Gasteiger partial charge < -0.3 is 18.9 Å². The first-order chi connectivity index (χ1) is 30.0. The van der Waals surface area contributed by atoms with E-state index in [0.717, 1.165) is 51.4 Å². The molecule has 0 aliphatic rings. The summed E-state index contributed by atoms with van der Waals surface area (Å²) in [5.74, 6) is -0.795. The van der Waals surface area contributed by atoms with Gasteiger partial charge in [-0.1, -0.05) is 204 Å². The van der Waals surface area contributed by atoms with Gasteiger partial charge in [0.25, 0.3) is 0 Å². The second-order valence-electron chi connectivity index (χ2n) is 18.6. The number of unbranched alkanes of at least 4 members (excludes halogenated alkanes) is 27. The average Bonchev–Trinajstić information content (AvgIpc) is 3.23. The van der Waals surface area contributed by atoms with E-state index in [2.05, 4.69) is 50.3 Å². The molecule has 0 aromatic carbocycles. The van der Waals surface area contributed by atoms with Crippen molar-refractivity contribution in [2.45, 2.75) is 238 Å². The Kier molecular flexibility index (Phi) is 43.2. The normalized spacial score (nSPS) is 13.7. The number of hydrogen-bond acceptors (Lipinski definition) is 7. The summed E-state index contributed by atoms with van der Waals surface area (Å²) < 4.78 is 34.4. The molecule has 0 fully saturated rings. The summed E-state index contributed by atoms with van der Waals surface area (Å²) in [5.41, 5.74) is 0. The number of ether oxygens (including phenoxy) is 2. The Morgan fingerprint density at radius 1 is 0.500 bits per heavy atom. The minimum Gasteiger partial charge on any atom is -0.462 e. The summed E-state index contributed by atoms with van der Waals surface area (Å²) >= 11 is 0. The molecule has 0 aliphatic heterocycles. The van der Waals surface area contributed by atoms with E-state index in [4.69, 9.17) is 18.5 Å². The third kappa shape index (κ3) is 47.7. The number of carbonyl (C=O) groups excluding carboxylic acids is 2. The van der Waals surface area contributed by atoms with Crippen molar-refractivity contribution in [3.63, 3.8) is 0 Å². The van der Waals surface area contributed by atoms with Gasteiger partial charge in [-0.3, -0.25) is 18.6 Å². The van der Waals surface area contributed by atoms with Crippen LogP contribution in [0.25, 0.3) is 0 Å². The van der Waals surface area contributed by atoms with Crippen LogP contribution in [0.2, 0.25) is 0 Å². The highest BCUT2D eigenvalue weighted by atomic mass is 31.2. The number of allylic oxidation sites excluding steroid dienone is 6. The minimum absolute atomic E-state index is 0.0320. The van der Waals surface area contributed by atoms with Crippen molar-refractivity contribution in [1.29, 1.82) is 0 Å². The predicted molar refractivity (Wildman–Crippen MR) is 261 cm³/mol. The van der Waals surface area contributed by atoms with Crippen molar-refractivity contribution in [1.82, 2.24) is 0 Å². The molecule has 62 heavy (non-hydrogen) atoms. The molecule has 2 atom stereocenters. The molecule has 0 aromatic heterocycles. The molecule has 9 nitrogen and oxygen atoms in total. The van der Waals surface area contributed by atoms with E-state index in [0.29, 0.717) is 23.9 Å². The predicted octanol–water partition coefficient (Wildman–Crippen LogP) is 15.3. The van der Waals surface area contributed by atoms with Crippen LogP contribution in [0.3, 0.4) is 0 Å². The zero-order valence-electron chi connectivity index (χ0n) is 41.1. The molecular weight excluding hydrogens is 798 g/mol. The lowest BCUT2D eigenvalue weighted by atomic mass is 10.0. The summed E-state index contributed by atoms with van der Waals surface area (Å²) in [5, 5.41) is 0. The fraction of sp³-hybridized carbons (Fsp3) is 0.846. The second kappa shape index (κ2) is 44.4. The lowest BCUT2D eigenvalue weighted by molar-refractivity contribution is -0.870. The van der Waals surface area contributed by atoms with Gasteiger partial charge in [-0.05, 0) is 51.4 Å². The summed E-state index contributed by atoms with van der Waals surface area (Å²) in [6, 6.07) is 0. The van der Waals surface area contributed by atoms with E-state index < -0.39 is 26.5 Å². The Balaban J connectivity index is 4.20. The van der Waals surface area contributed by atoms with E-state index in [1.165, 1.54) is 148 Å². The number of likely N-dealkylation sites (N-methyl/N-ethyl adjacent to an activating group) is 1. The monoisotopic (exact) mass is 897 g/mol. The van der Waals surface area contributed by atoms with E-state index in [1.54, 1.807) is 0 Å². The smallest absolute Gasteiger partial charge is 0.462 e. The van der Waals surface area contributed by atoms with Gasteiger partial charge in [-0.2, -0.15) is 0 Å². The fourth-order valence-electron chi connectivity index (χ4n) is 7.14. The maximum absolute atomic E-state index is 12.8. The van der Waals surface area contributed by atoms with Gasteiger partial charge in [0.05, 0.1) is 27.7 Å². The standard InChI is InChI=1S/C52H98NO8P/c1-6-8-10-12-14-16-18-20-21-22-23-24-25-26-27-28-29-30-31-33-35-37-39-41-43-45-52(55)61-50(49-60-62(56,57)59-47-46-53(3,4)5)48-58-51(54)44-42-40-38-36-34-32-19-17-15-13-11-9-7-2/h18,20,22-23,25-26,50H,6-17,19,21,24,27-49H2,1-5H3/p+1/b20-18-,23-22-,26-25-. The van der Waals surface area contributed by atoms with Crippen LogP contribution < -0.4 is 0 Å². The molecular formula is C52H99NO8P+. The number of phosphoric acid groups is 1. The molecule has 0 bridgehead atoms. The van der Waals surface area contributed by atoms with Gasteiger partial charge in [0.15, 0.2) is 6.10 Å². The van der Waals surface area contributed by atoms with E-state index in [-0.39, 0.29) is 25.6 Å². The second-order valence-corrected chi connectivity index (χ2v) is 20.0. The lowest BCUT2D eigenvalue weighted by Crippen LogP contribution is -2.37.